The van der Waals surface area contributed by atoms with Crippen molar-refractivity contribution in [1.29, 1.82) is 0 Å². The minimum atomic E-state index is 0.361. The molecule has 3 unspecified atom stereocenters. The average Bonchev–Trinajstić information content (AvgIpc) is 2.75. The number of ether oxygens (including phenoxy) is 1. The molecule has 0 spiro atoms. The molecule has 17 heavy (non-hydrogen) atoms. The van der Waals surface area contributed by atoms with Gasteiger partial charge in [-0.25, -0.2) is 0 Å². The summed E-state index contributed by atoms with van der Waals surface area (Å²) in [4.78, 5) is 0. The summed E-state index contributed by atoms with van der Waals surface area (Å²) in [7, 11) is 2.04. The second-order valence-electron chi connectivity index (χ2n) is 5.13. The maximum atomic E-state index is 5.87. The van der Waals surface area contributed by atoms with Gasteiger partial charge in [-0.1, -0.05) is 31.2 Å². The van der Waals surface area contributed by atoms with E-state index in [2.05, 4.69) is 43.4 Å². The summed E-state index contributed by atoms with van der Waals surface area (Å²) in [5.41, 5.74) is 2.80. The Morgan fingerprint density at radius 1 is 1.41 bits per heavy atom. The molecule has 1 N–H and O–H groups in total. The van der Waals surface area contributed by atoms with Gasteiger partial charge in [0.15, 0.2) is 0 Å². The van der Waals surface area contributed by atoms with E-state index in [1.165, 1.54) is 17.5 Å². The molecule has 1 aliphatic rings. The molecule has 2 nitrogen and oxygen atoms in total. The van der Waals surface area contributed by atoms with Crippen molar-refractivity contribution in [3.05, 3.63) is 35.4 Å². The van der Waals surface area contributed by atoms with E-state index in [0.29, 0.717) is 18.1 Å². The second-order valence-corrected chi connectivity index (χ2v) is 5.13. The highest BCUT2D eigenvalue weighted by Crippen LogP contribution is 2.25. The highest BCUT2D eigenvalue weighted by molar-refractivity contribution is 5.26. The van der Waals surface area contributed by atoms with E-state index in [4.69, 9.17) is 4.74 Å². The molecule has 0 radical (unpaired) electrons. The highest BCUT2D eigenvalue weighted by atomic mass is 16.5. The standard InChI is InChI=1S/C15H23NO/c1-11-6-4-5-7-13(11)10-14(16-3)15-12(2)8-9-17-15/h4-7,12,14-16H,8-10H2,1-3H3. The molecule has 3 atom stereocenters. The van der Waals surface area contributed by atoms with Gasteiger partial charge in [0, 0.05) is 12.6 Å². The van der Waals surface area contributed by atoms with Crippen LogP contribution in [0, 0.1) is 12.8 Å². The number of aryl methyl sites for hydroxylation is 1. The Hall–Kier alpha value is -0.860. The molecule has 0 amide bonds. The number of nitrogens with one attached hydrogen (secondary N) is 1. The molecule has 1 aromatic rings. The molecular formula is C15H23NO. The van der Waals surface area contributed by atoms with E-state index in [9.17, 15) is 0 Å². The van der Waals surface area contributed by atoms with Crippen LogP contribution in [0.4, 0.5) is 0 Å². The fourth-order valence-corrected chi connectivity index (χ4v) is 2.69. The lowest BCUT2D eigenvalue weighted by molar-refractivity contribution is 0.0633. The quantitative estimate of drug-likeness (QED) is 0.863. The Bertz CT molecular complexity index is 364. The predicted molar refractivity (Wildman–Crippen MR) is 71.3 cm³/mol. The van der Waals surface area contributed by atoms with Gasteiger partial charge in [0.2, 0.25) is 0 Å². The SMILES string of the molecule is CNC(Cc1ccccc1C)C1OCCC1C. The second kappa shape index (κ2) is 5.65. The maximum absolute atomic E-state index is 5.87. The normalized spacial score (nSPS) is 26.1. The van der Waals surface area contributed by atoms with Gasteiger partial charge in [-0.3, -0.25) is 0 Å². The molecule has 0 saturated carbocycles. The van der Waals surface area contributed by atoms with Crippen LogP contribution in [-0.4, -0.2) is 25.8 Å². The third-order valence-corrected chi connectivity index (χ3v) is 3.91. The Labute approximate surface area is 104 Å². The summed E-state index contributed by atoms with van der Waals surface area (Å²) in [6.45, 7) is 5.39. The Morgan fingerprint density at radius 3 is 2.76 bits per heavy atom. The summed E-state index contributed by atoms with van der Waals surface area (Å²) >= 11 is 0. The molecular weight excluding hydrogens is 210 g/mol. The summed E-state index contributed by atoms with van der Waals surface area (Å²) < 4.78 is 5.87. The molecule has 94 valence electrons. The van der Waals surface area contributed by atoms with Crippen molar-refractivity contribution in [1.82, 2.24) is 5.32 Å². The van der Waals surface area contributed by atoms with Crippen LogP contribution in [0.15, 0.2) is 24.3 Å². The minimum Gasteiger partial charge on any atom is -0.376 e. The summed E-state index contributed by atoms with van der Waals surface area (Å²) in [5.74, 6) is 0.663. The molecule has 1 aliphatic heterocycles. The Balaban J connectivity index is 2.07. The number of hydrogen-bond acceptors (Lipinski definition) is 2. The summed E-state index contributed by atoms with van der Waals surface area (Å²) in [6.07, 6.45) is 2.61. The van der Waals surface area contributed by atoms with Gasteiger partial charge in [-0.05, 0) is 43.9 Å². The van der Waals surface area contributed by atoms with E-state index in [1.807, 2.05) is 7.05 Å². The third-order valence-electron chi connectivity index (χ3n) is 3.91. The third kappa shape index (κ3) is 2.88. The maximum Gasteiger partial charge on any atom is 0.0757 e. The number of hydrogen-bond donors (Lipinski definition) is 1. The first-order valence-corrected chi connectivity index (χ1v) is 6.55. The van der Waals surface area contributed by atoms with E-state index < -0.39 is 0 Å². The van der Waals surface area contributed by atoms with Crippen LogP contribution in [0.5, 0.6) is 0 Å². The molecule has 0 bridgehead atoms. The van der Waals surface area contributed by atoms with Crippen LogP contribution in [0.1, 0.15) is 24.5 Å². The molecule has 2 rings (SSSR count). The van der Waals surface area contributed by atoms with Crippen molar-refractivity contribution in [3.8, 4) is 0 Å². The molecule has 0 aromatic heterocycles. The predicted octanol–water partition coefficient (Wildman–Crippen LogP) is 2.55. The fraction of sp³-hybridized carbons (Fsp3) is 0.600. The van der Waals surface area contributed by atoms with Crippen LogP contribution >= 0.6 is 0 Å². The van der Waals surface area contributed by atoms with E-state index in [1.54, 1.807) is 0 Å². The topological polar surface area (TPSA) is 21.3 Å². The van der Waals surface area contributed by atoms with Crippen LogP contribution < -0.4 is 5.32 Å². The zero-order valence-electron chi connectivity index (χ0n) is 11.1. The summed E-state index contributed by atoms with van der Waals surface area (Å²) in [5, 5.41) is 3.43. The highest BCUT2D eigenvalue weighted by Gasteiger charge is 2.31. The van der Waals surface area contributed by atoms with Crippen molar-refractivity contribution >= 4 is 0 Å². The average molecular weight is 233 g/mol. The van der Waals surface area contributed by atoms with Crippen molar-refractivity contribution < 1.29 is 4.74 Å². The minimum absolute atomic E-state index is 0.361. The fourth-order valence-electron chi connectivity index (χ4n) is 2.69. The van der Waals surface area contributed by atoms with E-state index in [-0.39, 0.29) is 0 Å². The van der Waals surface area contributed by atoms with Crippen LogP contribution in [0.3, 0.4) is 0 Å². The molecule has 0 aliphatic carbocycles. The molecule has 1 heterocycles. The molecule has 1 fully saturated rings. The van der Waals surface area contributed by atoms with Crippen LogP contribution in [0.25, 0.3) is 0 Å². The largest absolute Gasteiger partial charge is 0.376 e. The molecule has 2 heteroatoms. The Morgan fingerprint density at radius 2 is 2.18 bits per heavy atom. The number of likely N-dealkylation sites (N-methyl/N-ethyl adjacent to an activating group) is 1. The van der Waals surface area contributed by atoms with Crippen LogP contribution in [0.2, 0.25) is 0 Å². The van der Waals surface area contributed by atoms with E-state index in [0.717, 1.165) is 13.0 Å². The van der Waals surface area contributed by atoms with Gasteiger partial charge in [0.1, 0.15) is 0 Å². The first-order chi connectivity index (χ1) is 8.22. The van der Waals surface area contributed by atoms with Crippen molar-refractivity contribution in [2.24, 2.45) is 5.92 Å². The van der Waals surface area contributed by atoms with Crippen molar-refractivity contribution in [2.75, 3.05) is 13.7 Å². The van der Waals surface area contributed by atoms with Crippen molar-refractivity contribution in [3.63, 3.8) is 0 Å². The van der Waals surface area contributed by atoms with Gasteiger partial charge in [0.25, 0.3) is 0 Å². The Kier molecular flexibility index (Phi) is 4.19. The van der Waals surface area contributed by atoms with E-state index >= 15 is 0 Å². The first-order valence-electron chi connectivity index (χ1n) is 6.55. The van der Waals surface area contributed by atoms with Crippen molar-refractivity contribution in [2.45, 2.75) is 38.8 Å². The lowest BCUT2D eigenvalue weighted by atomic mass is 9.91. The monoisotopic (exact) mass is 233 g/mol. The number of rotatable bonds is 4. The van der Waals surface area contributed by atoms with Crippen LogP contribution in [-0.2, 0) is 11.2 Å². The smallest absolute Gasteiger partial charge is 0.0757 e. The van der Waals surface area contributed by atoms with Gasteiger partial charge in [-0.15, -0.1) is 0 Å². The number of benzene rings is 1. The zero-order chi connectivity index (χ0) is 12.3. The molecule has 1 aromatic carbocycles. The zero-order valence-corrected chi connectivity index (χ0v) is 11.1. The van der Waals surface area contributed by atoms with Gasteiger partial charge in [-0.2, -0.15) is 0 Å². The van der Waals surface area contributed by atoms with Gasteiger partial charge >= 0.3 is 0 Å². The summed E-state index contributed by atoms with van der Waals surface area (Å²) in [6, 6.07) is 9.05. The van der Waals surface area contributed by atoms with Gasteiger partial charge < -0.3 is 10.1 Å². The van der Waals surface area contributed by atoms with Gasteiger partial charge in [0.05, 0.1) is 6.10 Å². The lowest BCUT2D eigenvalue weighted by Crippen LogP contribution is -2.42. The lowest BCUT2D eigenvalue weighted by Gasteiger charge is -2.26. The first kappa shape index (κ1) is 12.6. The molecule has 1 saturated heterocycles.